The van der Waals surface area contributed by atoms with Crippen molar-refractivity contribution in [3.8, 4) is 0 Å². The predicted octanol–water partition coefficient (Wildman–Crippen LogP) is 2.11. The Balaban J connectivity index is 1.91. The molecule has 2 aliphatic rings. The first-order valence-corrected chi connectivity index (χ1v) is 5.66. The number of hydrogen-bond donors (Lipinski definition) is 1. The van der Waals surface area contributed by atoms with Gasteiger partial charge < -0.3 is 9.84 Å². The van der Waals surface area contributed by atoms with Crippen LogP contribution in [-0.2, 0) is 4.74 Å². The highest BCUT2D eigenvalue weighted by Gasteiger charge is 2.31. The van der Waals surface area contributed by atoms with Crippen molar-refractivity contribution < 1.29 is 9.84 Å². The Labute approximate surface area is 80.3 Å². The van der Waals surface area contributed by atoms with Crippen LogP contribution in [0.25, 0.3) is 0 Å². The maximum atomic E-state index is 9.03. The molecule has 0 radical (unpaired) electrons. The monoisotopic (exact) mass is 184 g/mol. The Morgan fingerprint density at radius 1 is 1.00 bits per heavy atom. The van der Waals surface area contributed by atoms with Gasteiger partial charge in [0, 0.05) is 0 Å². The van der Waals surface area contributed by atoms with Crippen molar-refractivity contribution >= 4 is 0 Å². The zero-order valence-electron chi connectivity index (χ0n) is 8.24. The standard InChI is InChI=1S/C11H20O2/c12-8-10-7-6-9-4-2-1-3-5-11(9)13-10/h9-12H,1-8H2. The molecule has 2 fully saturated rings. The van der Waals surface area contributed by atoms with Crippen molar-refractivity contribution in [3.05, 3.63) is 0 Å². The van der Waals surface area contributed by atoms with Crippen LogP contribution in [0, 0.1) is 5.92 Å². The van der Waals surface area contributed by atoms with Crippen LogP contribution < -0.4 is 0 Å². The van der Waals surface area contributed by atoms with Crippen molar-refractivity contribution in [1.82, 2.24) is 0 Å². The van der Waals surface area contributed by atoms with Crippen LogP contribution >= 0.6 is 0 Å². The van der Waals surface area contributed by atoms with Crippen LogP contribution in [0.1, 0.15) is 44.9 Å². The maximum absolute atomic E-state index is 9.03. The summed E-state index contributed by atoms with van der Waals surface area (Å²) in [6.07, 6.45) is 9.60. The van der Waals surface area contributed by atoms with E-state index in [0.717, 1.165) is 12.3 Å². The molecule has 1 saturated carbocycles. The summed E-state index contributed by atoms with van der Waals surface area (Å²) in [4.78, 5) is 0. The molecule has 2 heteroatoms. The maximum Gasteiger partial charge on any atom is 0.0809 e. The lowest BCUT2D eigenvalue weighted by atomic mass is 9.88. The summed E-state index contributed by atoms with van der Waals surface area (Å²) in [5, 5.41) is 9.03. The summed E-state index contributed by atoms with van der Waals surface area (Å²) < 4.78 is 5.87. The highest BCUT2D eigenvalue weighted by atomic mass is 16.5. The van der Waals surface area contributed by atoms with Gasteiger partial charge in [0.15, 0.2) is 0 Å². The predicted molar refractivity (Wildman–Crippen MR) is 51.6 cm³/mol. The molecular weight excluding hydrogens is 164 g/mol. The Hall–Kier alpha value is -0.0800. The first-order chi connectivity index (χ1) is 6.40. The van der Waals surface area contributed by atoms with Crippen molar-refractivity contribution in [3.63, 3.8) is 0 Å². The molecular formula is C11H20O2. The molecule has 1 heterocycles. The largest absolute Gasteiger partial charge is 0.394 e. The molecule has 0 amide bonds. The summed E-state index contributed by atoms with van der Waals surface area (Å²) in [6, 6.07) is 0. The first-order valence-electron chi connectivity index (χ1n) is 5.66. The summed E-state index contributed by atoms with van der Waals surface area (Å²) in [5.74, 6) is 0.797. The fraction of sp³-hybridized carbons (Fsp3) is 1.00. The van der Waals surface area contributed by atoms with Gasteiger partial charge >= 0.3 is 0 Å². The molecule has 2 rings (SSSR count). The van der Waals surface area contributed by atoms with E-state index in [-0.39, 0.29) is 12.7 Å². The fourth-order valence-electron chi connectivity index (χ4n) is 2.71. The summed E-state index contributed by atoms with van der Waals surface area (Å²) in [6.45, 7) is 0.212. The quantitative estimate of drug-likeness (QED) is 0.676. The lowest BCUT2D eigenvalue weighted by molar-refractivity contribution is -0.103. The molecule has 1 aliphatic carbocycles. The van der Waals surface area contributed by atoms with E-state index in [4.69, 9.17) is 9.84 Å². The Bertz CT molecular complexity index is 158. The average Bonchev–Trinajstić information content (AvgIpc) is 2.41. The lowest BCUT2D eigenvalue weighted by Gasteiger charge is -2.35. The van der Waals surface area contributed by atoms with Gasteiger partial charge in [-0.1, -0.05) is 19.3 Å². The van der Waals surface area contributed by atoms with Crippen LogP contribution in [0.4, 0.5) is 0 Å². The third-order valence-electron chi connectivity index (χ3n) is 3.52. The minimum absolute atomic E-state index is 0.138. The summed E-state index contributed by atoms with van der Waals surface area (Å²) in [5.41, 5.74) is 0. The average molecular weight is 184 g/mol. The first kappa shape index (κ1) is 9.47. The highest BCUT2D eigenvalue weighted by molar-refractivity contribution is 4.80. The SMILES string of the molecule is OCC1CCC2CCCCCC2O1. The van der Waals surface area contributed by atoms with Crippen LogP contribution in [-0.4, -0.2) is 23.9 Å². The van der Waals surface area contributed by atoms with Crippen LogP contribution in [0.3, 0.4) is 0 Å². The molecule has 1 N–H and O–H groups in total. The van der Waals surface area contributed by atoms with Crippen molar-refractivity contribution in [1.29, 1.82) is 0 Å². The van der Waals surface area contributed by atoms with Gasteiger partial charge in [0.1, 0.15) is 0 Å². The fourth-order valence-corrected chi connectivity index (χ4v) is 2.71. The van der Waals surface area contributed by atoms with E-state index >= 15 is 0 Å². The van der Waals surface area contributed by atoms with E-state index in [1.54, 1.807) is 0 Å². The number of rotatable bonds is 1. The third-order valence-corrected chi connectivity index (χ3v) is 3.52. The van der Waals surface area contributed by atoms with Crippen molar-refractivity contribution in [2.45, 2.75) is 57.2 Å². The minimum atomic E-state index is 0.138. The van der Waals surface area contributed by atoms with Gasteiger partial charge in [-0.25, -0.2) is 0 Å². The van der Waals surface area contributed by atoms with E-state index in [0.29, 0.717) is 6.10 Å². The second-order valence-corrected chi connectivity index (χ2v) is 4.45. The highest BCUT2D eigenvalue weighted by Crippen LogP contribution is 2.34. The zero-order chi connectivity index (χ0) is 9.10. The smallest absolute Gasteiger partial charge is 0.0809 e. The molecule has 76 valence electrons. The van der Waals surface area contributed by atoms with Crippen LogP contribution in [0.15, 0.2) is 0 Å². The molecule has 1 aliphatic heterocycles. The van der Waals surface area contributed by atoms with E-state index in [1.165, 1.54) is 38.5 Å². The second-order valence-electron chi connectivity index (χ2n) is 4.45. The number of ether oxygens (including phenoxy) is 1. The Morgan fingerprint density at radius 3 is 2.69 bits per heavy atom. The van der Waals surface area contributed by atoms with E-state index in [1.807, 2.05) is 0 Å². The topological polar surface area (TPSA) is 29.5 Å². The molecule has 0 spiro atoms. The molecule has 0 aromatic rings. The lowest BCUT2D eigenvalue weighted by Crippen LogP contribution is -2.36. The van der Waals surface area contributed by atoms with Gasteiger partial charge in [0.25, 0.3) is 0 Å². The zero-order valence-corrected chi connectivity index (χ0v) is 8.24. The molecule has 0 aromatic heterocycles. The van der Waals surface area contributed by atoms with Crippen LogP contribution in [0.5, 0.6) is 0 Å². The Kier molecular flexibility index (Phi) is 3.23. The molecule has 3 unspecified atom stereocenters. The molecule has 0 bridgehead atoms. The van der Waals surface area contributed by atoms with Gasteiger partial charge in [-0.05, 0) is 31.6 Å². The molecule has 13 heavy (non-hydrogen) atoms. The van der Waals surface area contributed by atoms with Crippen molar-refractivity contribution in [2.75, 3.05) is 6.61 Å². The number of aliphatic hydroxyl groups is 1. The Morgan fingerprint density at radius 2 is 1.85 bits per heavy atom. The van der Waals surface area contributed by atoms with Gasteiger partial charge in [-0.15, -0.1) is 0 Å². The summed E-state index contributed by atoms with van der Waals surface area (Å²) in [7, 11) is 0. The molecule has 0 aromatic carbocycles. The van der Waals surface area contributed by atoms with Gasteiger partial charge in [0.05, 0.1) is 18.8 Å². The van der Waals surface area contributed by atoms with E-state index < -0.39 is 0 Å². The normalized spacial score (nSPS) is 40.8. The van der Waals surface area contributed by atoms with Gasteiger partial charge in [-0.2, -0.15) is 0 Å². The third kappa shape index (κ3) is 2.23. The van der Waals surface area contributed by atoms with Gasteiger partial charge in [-0.3, -0.25) is 0 Å². The van der Waals surface area contributed by atoms with E-state index in [2.05, 4.69) is 0 Å². The summed E-state index contributed by atoms with van der Waals surface area (Å²) >= 11 is 0. The molecule has 1 saturated heterocycles. The minimum Gasteiger partial charge on any atom is -0.394 e. The van der Waals surface area contributed by atoms with Crippen LogP contribution in [0.2, 0.25) is 0 Å². The van der Waals surface area contributed by atoms with Crippen molar-refractivity contribution in [2.24, 2.45) is 5.92 Å². The number of fused-ring (bicyclic) bond motifs is 1. The number of aliphatic hydroxyl groups excluding tert-OH is 1. The number of hydrogen-bond acceptors (Lipinski definition) is 2. The second kappa shape index (κ2) is 4.43. The van der Waals surface area contributed by atoms with E-state index in [9.17, 15) is 0 Å². The van der Waals surface area contributed by atoms with Gasteiger partial charge in [0.2, 0.25) is 0 Å². The molecule has 3 atom stereocenters. The molecule has 2 nitrogen and oxygen atoms in total.